The topological polar surface area (TPSA) is 80.5 Å². The predicted octanol–water partition coefficient (Wildman–Crippen LogP) is 2.10. The fourth-order valence-corrected chi connectivity index (χ4v) is 2.83. The summed E-state index contributed by atoms with van der Waals surface area (Å²) < 4.78 is 7.53. The van der Waals surface area contributed by atoms with Crippen LogP contribution in [-0.4, -0.2) is 40.2 Å². The molecule has 3 aromatic rings. The number of nitrogens with zero attached hydrogens (tertiary/aromatic N) is 3. The van der Waals surface area contributed by atoms with E-state index in [1.165, 1.54) is 0 Å². The highest BCUT2D eigenvalue weighted by molar-refractivity contribution is 5.78. The van der Waals surface area contributed by atoms with Crippen molar-refractivity contribution in [2.75, 3.05) is 25.0 Å². The molecule has 2 aromatic heterocycles. The first-order chi connectivity index (χ1) is 12.3. The minimum atomic E-state index is 0.0349. The van der Waals surface area contributed by atoms with Crippen molar-refractivity contribution in [1.29, 1.82) is 0 Å². The van der Waals surface area contributed by atoms with E-state index in [0.717, 1.165) is 28.3 Å². The van der Waals surface area contributed by atoms with E-state index >= 15 is 0 Å². The first-order valence-corrected chi connectivity index (χ1v) is 8.38. The molecule has 0 unspecified atom stereocenters. The van der Waals surface area contributed by atoms with Crippen molar-refractivity contribution in [3.05, 3.63) is 42.7 Å². The monoisotopic (exact) mass is 337 g/mol. The zero-order valence-electron chi connectivity index (χ0n) is 13.7. The highest BCUT2D eigenvalue weighted by atomic mass is 16.5. The number of fused-ring (bicyclic) bond motifs is 4. The molecule has 2 N–H and O–H groups in total. The molecule has 0 fully saturated rings. The van der Waals surface area contributed by atoms with E-state index in [9.17, 15) is 4.79 Å². The Balaban J connectivity index is 1.72. The molecule has 3 heterocycles. The second-order valence-electron chi connectivity index (χ2n) is 5.90. The van der Waals surface area contributed by atoms with Gasteiger partial charge in [0.1, 0.15) is 11.6 Å². The smallest absolute Gasteiger partial charge is 0.220 e. The number of aromatic nitrogens is 3. The Bertz CT molecular complexity index is 905. The molecule has 1 aliphatic heterocycles. The second-order valence-corrected chi connectivity index (χ2v) is 5.90. The molecule has 128 valence electrons. The van der Waals surface area contributed by atoms with Gasteiger partial charge in [0.15, 0.2) is 5.65 Å². The SMILES string of the molecule is O=C1CCCOc2cccc(c2)-c2cnn3ccc(nc23)NCCN1. The first kappa shape index (κ1) is 15.4. The lowest BCUT2D eigenvalue weighted by Gasteiger charge is -2.10. The number of carbonyl (C=O) groups is 1. The number of nitrogens with one attached hydrogen (secondary N) is 2. The molecule has 0 radical (unpaired) electrons. The molecule has 7 nitrogen and oxygen atoms in total. The van der Waals surface area contributed by atoms with Crippen LogP contribution in [0.2, 0.25) is 0 Å². The van der Waals surface area contributed by atoms with Crippen LogP contribution in [0.1, 0.15) is 12.8 Å². The van der Waals surface area contributed by atoms with Crippen molar-refractivity contribution in [1.82, 2.24) is 19.9 Å². The Labute approximate surface area is 145 Å². The highest BCUT2D eigenvalue weighted by Gasteiger charge is 2.10. The summed E-state index contributed by atoms with van der Waals surface area (Å²) in [6, 6.07) is 9.73. The fourth-order valence-electron chi connectivity index (χ4n) is 2.83. The van der Waals surface area contributed by atoms with Crippen molar-refractivity contribution in [2.45, 2.75) is 12.8 Å². The average Bonchev–Trinajstić information content (AvgIpc) is 3.05. The van der Waals surface area contributed by atoms with Crippen LogP contribution in [0.25, 0.3) is 16.8 Å². The van der Waals surface area contributed by atoms with E-state index in [1.807, 2.05) is 42.7 Å². The van der Waals surface area contributed by atoms with Gasteiger partial charge in [-0.05, 0) is 30.2 Å². The van der Waals surface area contributed by atoms with Gasteiger partial charge < -0.3 is 15.4 Å². The fraction of sp³-hybridized carbons (Fsp3) is 0.278. The van der Waals surface area contributed by atoms with Crippen LogP contribution < -0.4 is 15.4 Å². The van der Waals surface area contributed by atoms with Crippen LogP contribution >= 0.6 is 0 Å². The molecule has 0 spiro atoms. The predicted molar refractivity (Wildman–Crippen MR) is 94.7 cm³/mol. The summed E-state index contributed by atoms with van der Waals surface area (Å²) >= 11 is 0. The normalized spacial score (nSPS) is 15.4. The van der Waals surface area contributed by atoms with Gasteiger partial charge in [-0.25, -0.2) is 9.50 Å². The van der Waals surface area contributed by atoms with Gasteiger partial charge in [-0.3, -0.25) is 4.79 Å². The van der Waals surface area contributed by atoms with Gasteiger partial charge in [0.2, 0.25) is 5.91 Å². The minimum Gasteiger partial charge on any atom is -0.494 e. The molecule has 0 saturated carbocycles. The van der Waals surface area contributed by atoms with Gasteiger partial charge in [0.05, 0.1) is 12.8 Å². The summed E-state index contributed by atoms with van der Waals surface area (Å²) in [5, 5.41) is 10.5. The molecule has 0 aliphatic carbocycles. The maximum absolute atomic E-state index is 11.8. The number of anilines is 1. The van der Waals surface area contributed by atoms with Gasteiger partial charge in [0.25, 0.3) is 0 Å². The maximum Gasteiger partial charge on any atom is 0.220 e. The number of hydrogen-bond acceptors (Lipinski definition) is 5. The first-order valence-electron chi connectivity index (χ1n) is 8.38. The molecule has 1 aromatic carbocycles. The Kier molecular flexibility index (Phi) is 4.20. The number of amides is 1. The number of benzene rings is 1. The molecule has 1 aliphatic rings. The van der Waals surface area contributed by atoms with Crippen LogP contribution in [0.4, 0.5) is 5.82 Å². The van der Waals surface area contributed by atoms with Gasteiger partial charge in [-0.1, -0.05) is 12.1 Å². The van der Waals surface area contributed by atoms with Crippen LogP contribution in [-0.2, 0) is 4.79 Å². The van der Waals surface area contributed by atoms with E-state index in [2.05, 4.69) is 20.7 Å². The highest BCUT2D eigenvalue weighted by Crippen LogP contribution is 2.27. The van der Waals surface area contributed by atoms with Gasteiger partial charge in [-0.2, -0.15) is 5.10 Å². The Hall–Kier alpha value is -3.09. The van der Waals surface area contributed by atoms with Crippen molar-refractivity contribution < 1.29 is 9.53 Å². The summed E-state index contributed by atoms with van der Waals surface area (Å²) in [5.41, 5.74) is 2.73. The lowest BCUT2D eigenvalue weighted by Crippen LogP contribution is -2.29. The number of carbonyl (C=O) groups excluding carboxylic acids is 1. The van der Waals surface area contributed by atoms with Crippen LogP contribution in [0.5, 0.6) is 5.75 Å². The largest absolute Gasteiger partial charge is 0.494 e. The van der Waals surface area contributed by atoms with E-state index in [0.29, 0.717) is 32.5 Å². The van der Waals surface area contributed by atoms with Crippen molar-refractivity contribution in [3.8, 4) is 16.9 Å². The summed E-state index contributed by atoms with van der Waals surface area (Å²) in [7, 11) is 0. The summed E-state index contributed by atoms with van der Waals surface area (Å²) in [5.74, 6) is 1.56. The third-order valence-corrected chi connectivity index (χ3v) is 4.08. The zero-order valence-corrected chi connectivity index (χ0v) is 13.7. The summed E-state index contributed by atoms with van der Waals surface area (Å²) in [6.07, 6.45) is 4.82. The molecule has 4 bridgehead atoms. The standard InChI is InChI=1S/C18H19N5O2/c24-17-5-2-10-25-14-4-1-3-13(11-14)15-12-21-23-9-6-16(22-18(15)23)19-7-8-20-17/h1,3-4,6,9,11-12H,2,5,7-8,10H2,(H,19,22)(H,20,24). The number of ether oxygens (including phenoxy) is 1. The Morgan fingerprint density at radius 1 is 1.16 bits per heavy atom. The van der Waals surface area contributed by atoms with Crippen LogP contribution in [0.3, 0.4) is 0 Å². The molecule has 0 saturated heterocycles. The van der Waals surface area contributed by atoms with E-state index < -0.39 is 0 Å². The Morgan fingerprint density at radius 3 is 3.04 bits per heavy atom. The number of hydrogen-bond donors (Lipinski definition) is 2. The van der Waals surface area contributed by atoms with E-state index in [1.54, 1.807) is 4.52 Å². The second kappa shape index (κ2) is 6.80. The third-order valence-electron chi connectivity index (χ3n) is 4.08. The third kappa shape index (κ3) is 3.40. The molecule has 4 rings (SSSR count). The summed E-state index contributed by atoms with van der Waals surface area (Å²) in [4.78, 5) is 16.4. The molecular formula is C18H19N5O2. The quantitative estimate of drug-likeness (QED) is 0.657. The van der Waals surface area contributed by atoms with E-state index in [-0.39, 0.29) is 5.91 Å². The molecule has 1 amide bonds. The van der Waals surface area contributed by atoms with Crippen LogP contribution in [0, 0.1) is 0 Å². The van der Waals surface area contributed by atoms with Crippen molar-refractivity contribution >= 4 is 17.4 Å². The molecule has 7 heteroatoms. The minimum absolute atomic E-state index is 0.0349. The van der Waals surface area contributed by atoms with Gasteiger partial charge in [-0.15, -0.1) is 0 Å². The van der Waals surface area contributed by atoms with Gasteiger partial charge >= 0.3 is 0 Å². The van der Waals surface area contributed by atoms with Crippen LogP contribution in [0.15, 0.2) is 42.7 Å². The van der Waals surface area contributed by atoms with Crippen molar-refractivity contribution in [3.63, 3.8) is 0 Å². The lowest BCUT2D eigenvalue weighted by molar-refractivity contribution is -0.121. The Morgan fingerprint density at radius 2 is 2.08 bits per heavy atom. The summed E-state index contributed by atoms with van der Waals surface area (Å²) in [6.45, 7) is 1.67. The van der Waals surface area contributed by atoms with Gasteiger partial charge in [0, 0.05) is 31.3 Å². The average molecular weight is 337 g/mol. The zero-order chi connectivity index (χ0) is 17.1. The molecule has 25 heavy (non-hydrogen) atoms. The molecule has 0 atom stereocenters. The maximum atomic E-state index is 11.8. The van der Waals surface area contributed by atoms with E-state index in [4.69, 9.17) is 4.74 Å². The number of rotatable bonds is 0. The van der Waals surface area contributed by atoms with Crippen molar-refractivity contribution in [2.24, 2.45) is 0 Å². The lowest BCUT2D eigenvalue weighted by atomic mass is 10.1. The molecular weight excluding hydrogens is 318 g/mol.